The molecule has 2 unspecified atom stereocenters. The number of amides is 4. The molecule has 1 saturated heterocycles. The van der Waals surface area contributed by atoms with E-state index in [1.165, 1.54) is 43.6 Å². The van der Waals surface area contributed by atoms with Gasteiger partial charge in [0.15, 0.2) is 0 Å². The Morgan fingerprint density at radius 2 is 1.82 bits per heavy atom. The number of hydrogen-bond acceptors (Lipinski definition) is 11. The molecule has 2 aliphatic carbocycles. The molecule has 4 aliphatic rings. The number of nitrogens with one attached hydrogen (secondary N) is 3. The van der Waals surface area contributed by atoms with E-state index >= 15 is 0 Å². The van der Waals surface area contributed by atoms with E-state index < -0.39 is 78.2 Å². The summed E-state index contributed by atoms with van der Waals surface area (Å²) in [5.41, 5.74) is 4.09. The number of carbonyl (C=O) groups excluding carboxylic acids is 4. The zero-order chi connectivity index (χ0) is 37.2. The minimum atomic E-state index is -4.34. The van der Waals surface area contributed by atoms with E-state index in [1.807, 2.05) is 6.08 Å². The first-order valence-corrected chi connectivity index (χ1v) is 20.4. The summed E-state index contributed by atoms with van der Waals surface area (Å²) in [7, 11) is -6.88. The van der Waals surface area contributed by atoms with Crippen molar-refractivity contribution >= 4 is 65.9 Å². The molecule has 5 rings (SSSR count). The molecule has 1 aromatic carbocycles. The van der Waals surface area contributed by atoms with Crippen molar-refractivity contribution in [2.24, 2.45) is 16.6 Å². The highest BCUT2D eigenvalue weighted by atomic mass is 79.9. The molecule has 18 heteroatoms. The normalized spacial score (nSPS) is 29.2. The quantitative estimate of drug-likeness (QED) is 0.122. The number of sulfonamides is 1. The first-order valence-electron chi connectivity index (χ1n) is 16.8. The molecule has 2 saturated carbocycles. The molecule has 0 aromatic heterocycles. The third-order valence-electron chi connectivity index (χ3n) is 9.81. The standard InChI is InChI=1S/C33H43BrN6O9S2/c1-32(15-16-32)51(47,48)39-31(44)33-19-21(33)8-6-4-3-5-7-9-26(37-28(41)25(35)14-17-36-2)30(43)40-20-23(18-27(40)29(42)38-33)49-50(45,46)24-12-10-22(34)11-13-24/h6,8,10-14,17,21,23,26-27H,3-5,7,9,15-16,18-20,35H2,1-2H3,(H,37,41)(H,38,42)(H,39,44)/b8-6-,25-14?,36-17?/t21?,23?,26-,27-,33+/m0/s1. The van der Waals surface area contributed by atoms with Gasteiger partial charge in [0.2, 0.25) is 21.8 Å². The maximum atomic E-state index is 14.3. The number of hydrogen-bond donors (Lipinski definition) is 4. The van der Waals surface area contributed by atoms with Crippen LogP contribution in [0.15, 0.2) is 62.6 Å². The summed E-state index contributed by atoms with van der Waals surface area (Å²) in [5.74, 6) is -3.60. The molecule has 15 nitrogen and oxygen atoms in total. The van der Waals surface area contributed by atoms with E-state index in [4.69, 9.17) is 9.92 Å². The monoisotopic (exact) mass is 810 g/mol. The van der Waals surface area contributed by atoms with Gasteiger partial charge in [-0.2, -0.15) is 8.42 Å². The molecule has 1 aromatic rings. The van der Waals surface area contributed by atoms with Gasteiger partial charge in [0.1, 0.15) is 17.6 Å². The number of allylic oxidation sites excluding steroid dienone is 2. The summed E-state index contributed by atoms with van der Waals surface area (Å²) in [6.07, 6.45) is 8.51. The minimum Gasteiger partial charge on any atom is -0.394 e. The maximum Gasteiger partial charge on any atom is 0.297 e. The fraction of sp³-hybridized carbons (Fsp3) is 0.545. The van der Waals surface area contributed by atoms with Crippen LogP contribution in [-0.4, -0.2) is 93.6 Å². The lowest BCUT2D eigenvalue weighted by Gasteiger charge is -2.30. The number of nitrogens with two attached hydrogens (primary N) is 1. The predicted octanol–water partition coefficient (Wildman–Crippen LogP) is 1.55. The van der Waals surface area contributed by atoms with Crippen molar-refractivity contribution in [1.29, 1.82) is 0 Å². The Kier molecular flexibility index (Phi) is 11.5. The number of rotatable bonds is 9. The van der Waals surface area contributed by atoms with Crippen LogP contribution in [0.3, 0.4) is 0 Å². The Morgan fingerprint density at radius 3 is 2.49 bits per heavy atom. The average Bonchev–Trinajstić information content (AvgIpc) is 3.95. The fourth-order valence-electron chi connectivity index (χ4n) is 6.24. The van der Waals surface area contributed by atoms with Crippen molar-refractivity contribution in [2.45, 2.75) is 98.1 Å². The molecule has 0 radical (unpaired) electrons. The smallest absolute Gasteiger partial charge is 0.297 e. The Labute approximate surface area is 306 Å². The van der Waals surface area contributed by atoms with Gasteiger partial charge in [-0.15, -0.1) is 0 Å². The lowest BCUT2D eigenvalue weighted by atomic mass is 10.0. The summed E-state index contributed by atoms with van der Waals surface area (Å²) >= 11 is 3.26. The molecular formula is C33H43BrN6O9S2. The third kappa shape index (κ3) is 8.72. The third-order valence-corrected chi connectivity index (χ3v) is 13.9. The van der Waals surface area contributed by atoms with E-state index in [0.717, 1.165) is 11.3 Å². The molecule has 4 amide bonds. The van der Waals surface area contributed by atoms with Crippen LogP contribution >= 0.6 is 15.9 Å². The van der Waals surface area contributed by atoms with Crippen molar-refractivity contribution in [3.8, 4) is 0 Å². The van der Waals surface area contributed by atoms with E-state index in [0.29, 0.717) is 36.6 Å². The second-order valence-electron chi connectivity index (χ2n) is 13.6. The largest absolute Gasteiger partial charge is 0.394 e. The summed E-state index contributed by atoms with van der Waals surface area (Å²) < 4.78 is 59.9. The second-order valence-corrected chi connectivity index (χ2v) is 18.3. The van der Waals surface area contributed by atoms with Gasteiger partial charge in [-0.05, 0) is 75.8 Å². The van der Waals surface area contributed by atoms with Gasteiger partial charge in [-0.1, -0.05) is 40.9 Å². The van der Waals surface area contributed by atoms with E-state index in [9.17, 15) is 36.0 Å². The Hall–Kier alpha value is -3.61. The minimum absolute atomic E-state index is 0.122. The SMILES string of the molecule is CN=CC=C(N)C(=O)N[C@H]1CCCCC/C=C\C2C[C@@]2(C(=O)NS(=O)(=O)C2(C)CC2)NC(=O)[C@@H]2CC(OS(=O)(=O)c3ccc(Br)cc3)CN2C1=O. The highest BCUT2D eigenvalue weighted by Crippen LogP contribution is 2.47. The van der Waals surface area contributed by atoms with Gasteiger partial charge in [-0.25, -0.2) is 8.42 Å². The average molecular weight is 812 g/mol. The molecule has 2 heterocycles. The molecule has 2 aliphatic heterocycles. The van der Waals surface area contributed by atoms with Gasteiger partial charge in [0.25, 0.3) is 21.9 Å². The number of benzene rings is 1. The highest BCUT2D eigenvalue weighted by Gasteiger charge is 2.63. The van der Waals surface area contributed by atoms with Crippen LogP contribution in [0, 0.1) is 5.92 Å². The number of carbonyl (C=O) groups is 4. The first kappa shape index (κ1) is 38.6. The number of nitrogens with zero attached hydrogens (tertiary/aromatic N) is 2. The van der Waals surface area contributed by atoms with Gasteiger partial charge < -0.3 is 21.3 Å². The van der Waals surface area contributed by atoms with Crippen LogP contribution in [-0.2, 0) is 43.5 Å². The van der Waals surface area contributed by atoms with E-state index in [1.54, 1.807) is 13.0 Å². The summed E-state index contributed by atoms with van der Waals surface area (Å²) in [6, 6.07) is 3.27. The Balaban J connectivity index is 1.46. The van der Waals surface area contributed by atoms with Crippen molar-refractivity contribution in [2.75, 3.05) is 13.6 Å². The number of aliphatic imine (C=N–C) groups is 1. The van der Waals surface area contributed by atoms with Crippen molar-refractivity contribution in [3.05, 3.63) is 52.7 Å². The molecule has 278 valence electrons. The first-order chi connectivity index (χ1) is 24.0. The van der Waals surface area contributed by atoms with Crippen molar-refractivity contribution in [1.82, 2.24) is 20.3 Å². The van der Waals surface area contributed by atoms with Crippen molar-refractivity contribution in [3.63, 3.8) is 0 Å². The zero-order valence-electron chi connectivity index (χ0n) is 28.3. The number of fused-ring (bicyclic) bond motifs is 2. The summed E-state index contributed by atoms with van der Waals surface area (Å²) in [5, 5.41) is 5.39. The van der Waals surface area contributed by atoms with E-state index in [-0.39, 0.29) is 36.4 Å². The molecule has 5 atom stereocenters. The molecule has 5 N–H and O–H groups in total. The molecule has 0 bridgehead atoms. The number of halogens is 1. The van der Waals surface area contributed by atoms with Crippen LogP contribution < -0.4 is 21.1 Å². The van der Waals surface area contributed by atoms with Gasteiger partial charge in [0.05, 0.1) is 21.4 Å². The Morgan fingerprint density at radius 1 is 1.12 bits per heavy atom. The lowest BCUT2D eigenvalue weighted by molar-refractivity contribution is -0.142. The zero-order valence-corrected chi connectivity index (χ0v) is 31.6. The predicted molar refractivity (Wildman–Crippen MR) is 191 cm³/mol. The second kappa shape index (κ2) is 15.2. The van der Waals surface area contributed by atoms with Crippen LogP contribution in [0.2, 0.25) is 0 Å². The van der Waals surface area contributed by atoms with Crippen LogP contribution in [0.25, 0.3) is 0 Å². The lowest BCUT2D eigenvalue weighted by Crippen LogP contribution is -2.58. The summed E-state index contributed by atoms with van der Waals surface area (Å²) in [6.45, 7) is 1.21. The van der Waals surface area contributed by atoms with E-state index in [2.05, 4.69) is 36.3 Å². The maximum absolute atomic E-state index is 14.3. The Bertz CT molecular complexity index is 1860. The van der Waals surface area contributed by atoms with Crippen molar-refractivity contribution < 1.29 is 40.2 Å². The van der Waals surface area contributed by atoms with Crippen LogP contribution in [0.4, 0.5) is 0 Å². The van der Waals surface area contributed by atoms with Gasteiger partial charge in [0, 0.05) is 36.6 Å². The van der Waals surface area contributed by atoms with Gasteiger partial charge >= 0.3 is 0 Å². The van der Waals surface area contributed by atoms with Crippen LogP contribution in [0.1, 0.15) is 64.7 Å². The highest BCUT2D eigenvalue weighted by molar-refractivity contribution is 9.10. The molecule has 0 spiro atoms. The molecule has 51 heavy (non-hydrogen) atoms. The summed E-state index contributed by atoms with van der Waals surface area (Å²) in [4.78, 5) is 59.9. The molecule has 3 fully saturated rings. The molecular weight excluding hydrogens is 768 g/mol. The van der Waals surface area contributed by atoms with Crippen LogP contribution in [0.5, 0.6) is 0 Å². The van der Waals surface area contributed by atoms with Gasteiger partial charge in [-0.3, -0.25) is 33.1 Å². The fourth-order valence-corrected chi connectivity index (χ4v) is 8.89. The topological polar surface area (TPSA) is 223 Å².